The number of benzene rings is 2. The molecule has 0 aliphatic rings. The van der Waals surface area contributed by atoms with Gasteiger partial charge in [-0.3, -0.25) is 0 Å². The van der Waals surface area contributed by atoms with E-state index in [1.54, 1.807) is 11.8 Å². The molecule has 4 heteroatoms. The Morgan fingerprint density at radius 1 is 1.10 bits per heavy atom. The van der Waals surface area contributed by atoms with E-state index < -0.39 is 0 Å². The highest BCUT2D eigenvalue weighted by Crippen LogP contribution is 2.31. The molecule has 0 aliphatic heterocycles. The van der Waals surface area contributed by atoms with Gasteiger partial charge in [0.25, 0.3) is 0 Å². The van der Waals surface area contributed by atoms with E-state index in [9.17, 15) is 0 Å². The molecule has 21 heavy (non-hydrogen) atoms. The van der Waals surface area contributed by atoms with Crippen LogP contribution in [-0.4, -0.2) is 12.3 Å². The lowest BCUT2D eigenvalue weighted by atomic mass is 10.0. The molecule has 0 radical (unpaired) electrons. The summed E-state index contributed by atoms with van der Waals surface area (Å²) in [6.45, 7) is 5.24. The van der Waals surface area contributed by atoms with E-state index in [0.29, 0.717) is 16.1 Å². The summed E-state index contributed by atoms with van der Waals surface area (Å²) in [5.41, 5.74) is 2.67. The van der Waals surface area contributed by atoms with E-state index in [1.165, 1.54) is 11.1 Å². The monoisotopic (exact) mass is 339 g/mol. The predicted molar refractivity (Wildman–Crippen MR) is 94.8 cm³/mol. The van der Waals surface area contributed by atoms with Crippen molar-refractivity contribution in [1.82, 2.24) is 5.32 Å². The van der Waals surface area contributed by atoms with E-state index >= 15 is 0 Å². The van der Waals surface area contributed by atoms with Crippen LogP contribution in [0.1, 0.15) is 24.1 Å². The Labute approximate surface area is 141 Å². The van der Waals surface area contributed by atoms with Crippen LogP contribution in [0.15, 0.2) is 47.4 Å². The average molecular weight is 340 g/mol. The minimum atomic E-state index is 0.329. The largest absolute Gasteiger partial charge is 0.309 e. The molecule has 0 amide bonds. The SMILES string of the molecule is CCNC(CSc1ccc(Cl)c(Cl)c1)c1ccccc1C. The van der Waals surface area contributed by atoms with E-state index in [-0.39, 0.29) is 0 Å². The molecule has 0 heterocycles. The number of hydrogen-bond donors (Lipinski definition) is 1. The summed E-state index contributed by atoms with van der Waals surface area (Å²) in [4.78, 5) is 1.14. The first-order valence-corrected chi connectivity index (χ1v) is 8.72. The number of nitrogens with one attached hydrogen (secondary N) is 1. The molecule has 0 spiro atoms. The molecule has 1 unspecified atom stereocenters. The van der Waals surface area contributed by atoms with Crippen LogP contribution >= 0.6 is 35.0 Å². The van der Waals surface area contributed by atoms with Crippen LogP contribution in [0.2, 0.25) is 10.0 Å². The first-order valence-electron chi connectivity index (χ1n) is 6.98. The van der Waals surface area contributed by atoms with Gasteiger partial charge >= 0.3 is 0 Å². The summed E-state index contributed by atoms with van der Waals surface area (Å²) < 4.78 is 0. The summed E-state index contributed by atoms with van der Waals surface area (Å²) >= 11 is 13.8. The number of thioether (sulfide) groups is 1. The van der Waals surface area contributed by atoms with Crippen molar-refractivity contribution >= 4 is 35.0 Å². The van der Waals surface area contributed by atoms with Gasteiger partial charge in [-0.2, -0.15) is 0 Å². The van der Waals surface area contributed by atoms with Crippen molar-refractivity contribution < 1.29 is 0 Å². The first-order chi connectivity index (χ1) is 10.1. The topological polar surface area (TPSA) is 12.0 Å². The summed E-state index contributed by atoms with van der Waals surface area (Å²) in [6.07, 6.45) is 0. The van der Waals surface area contributed by atoms with E-state index in [0.717, 1.165) is 17.2 Å². The Morgan fingerprint density at radius 2 is 1.86 bits per heavy atom. The molecule has 2 aromatic rings. The fourth-order valence-corrected chi connectivity index (χ4v) is 3.61. The van der Waals surface area contributed by atoms with Crippen LogP contribution in [0.25, 0.3) is 0 Å². The van der Waals surface area contributed by atoms with Crippen LogP contribution in [0.4, 0.5) is 0 Å². The average Bonchev–Trinajstić information content (AvgIpc) is 2.48. The third kappa shape index (κ3) is 4.65. The Morgan fingerprint density at radius 3 is 2.52 bits per heavy atom. The van der Waals surface area contributed by atoms with E-state index in [1.807, 2.05) is 18.2 Å². The molecule has 2 rings (SSSR count). The van der Waals surface area contributed by atoms with Gasteiger partial charge in [0.15, 0.2) is 0 Å². The Hall–Kier alpha value is -0.670. The van der Waals surface area contributed by atoms with Crippen LogP contribution in [0, 0.1) is 6.92 Å². The van der Waals surface area contributed by atoms with Gasteiger partial charge in [-0.05, 0) is 42.8 Å². The molecule has 0 saturated heterocycles. The second kappa shape index (κ2) is 8.09. The molecule has 0 aromatic heterocycles. The maximum Gasteiger partial charge on any atom is 0.0603 e. The second-order valence-electron chi connectivity index (χ2n) is 4.85. The highest BCUT2D eigenvalue weighted by Gasteiger charge is 2.13. The lowest BCUT2D eigenvalue weighted by Crippen LogP contribution is -2.23. The lowest BCUT2D eigenvalue weighted by Gasteiger charge is -2.20. The van der Waals surface area contributed by atoms with Crippen LogP contribution in [-0.2, 0) is 0 Å². The summed E-state index contributed by atoms with van der Waals surface area (Å²) in [5.74, 6) is 0.955. The van der Waals surface area contributed by atoms with Gasteiger partial charge in [-0.1, -0.05) is 54.4 Å². The molecule has 0 fully saturated rings. The minimum Gasteiger partial charge on any atom is -0.309 e. The summed E-state index contributed by atoms with van der Waals surface area (Å²) in [7, 11) is 0. The number of hydrogen-bond acceptors (Lipinski definition) is 2. The molecule has 1 atom stereocenters. The smallest absolute Gasteiger partial charge is 0.0603 e. The van der Waals surface area contributed by atoms with Gasteiger partial charge in [0.2, 0.25) is 0 Å². The number of aryl methyl sites for hydroxylation is 1. The molecule has 0 saturated carbocycles. The van der Waals surface area contributed by atoms with Crippen LogP contribution < -0.4 is 5.32 Å². The highest BCUT2D eigenvalue weighted by molar-refractivity contribution is 7.99. The third-order valence-electron chi connectivity index (χ3n) is 3.32. The molecule has 0 aliphatic carbocycles. The van der Waals surface area contributed by atoms with Gasteiger partial charge in [-0.25, -0.2) is 0 Å². The zero-order valence-electron chi connectivity index (χ0n) is 12.2. The predicted octanol–water partition coefficient (Wildman–Crippen LogP) is 5.74. The van der Waals surface area contributed by atoms with E-state index in [2.05, 4.69) is 43.4 Å². The fourth-order valence-electron chi connectivity index (χ4n) is 2.23. The van der Waals surface area contributed by atoms with Crippen LogP contribution in [0.3, 0.4) is 0 Å². The molecule has 1 nitrogen and oxygen atoms in total. The van der Waals surface area contributed by atoms with Gasteiger partial charge in [0.05, 0.1) is 10.0 Å². The van der Waals surface area contributed by atoms with Crippen molar-refractivity contribution in [2.75, 3.05) is 12.3 Å². The van der Waals surface area contributed by atoms with Gasteiger partial charge in [0.1, 0.15) is 0 Å². The second-order valence-corrected chi connectivity index (χ2v) is 6.76. The van der Waals surface area contributed by atoms with Gasteiger partial charge < -0.3 is 5.32 Å². The third-order valence-corrected chi connectivity index (χ3v) is 5.15. The number of halogens is 2. The Kier molecular flexibility index (Phi) is 6.43. The summed E-state index contributed by atoms with van der Waals surface area (Å²) in [6, 6.07) is 14.6. The zero-order valence-corrected chi connectivity index (χ0v) is 14.5. The first kappa shape index (κ1) is 16.7. The van der Waals surface area contributed by atoms with Gasteiger partial charge in [0, 0.05) is 16.7 Å². The Bertz CT molecular complexity index is 601. The fraction of sp³-hybridized carbons (Fsp3) is 0.294. The molecular weight excluding hydrogens is 321 g/mol. The summed E-state index contributed by atoms with van der Waals surface area (Å²) in [5, 5.41) is 4.77. The van der Waals surface area contributed by atoms with Crippen molar-refractivity contribution in [3.05, 3.63) is 63.6 Å². The molecule has 2 aromatic carbocycles. The molecular formula is C17H19Cl2NS. The number of rotatable bonds is 6. The molecule has 0 bridgehead atoms. The minimum absolute atomic E-state index is 0.329. The molecule has 112 valence electrons. The van der Waals surface area contributed by atoms with Crippen LogP contribution in [0.5, 0.6) is 0 Å². The Balaban J connectivity index is 2.10. The quantitative estimate of drug-likeness (QED) is 0.673. The maximum atomic E-state index is 6.07. The van der Waals surface area contributed by atoms with Crippen molar-refractivity contribution in [2.24, 2.45) is 0 Å². The van der Waals surface area contributed by atoms with Crippen molar-refractivity contribution in [2.45, 2.75) is 24.8 Å². The van der Waals surface area contributed by atoms with Gasteiger partial charge in [-0.15, -0.1) is 11.8 Å². The zero-order chi connectivity index (χ0) is 15.2. The standard InChI is InChI=1S/C17H19Cl2NS/c1-3-20-17(14-7-5-4-6-12(14)2)11-21-13-8-9-15(18)16(19)10-13/h4-10,17,20H,3,11H2,1-2H3. The maximum absolute atomic E-state index is 6.07. The van der Waals surface area contributed by atoms with Crippen molar-refractivity contribution in [3.63, 3.8) is 0 Å². The van der Waals surface area contributed by atoms with Crippen molar-refractivity contribution in [1.29, 1.82) is 0 Å². The normalized spacial score (nSPS) is 12.4. The van der Waals surface area contributed by atoms with Crippen molar-refractivity contribution in [3.8, 4) is 0 Å². The molecule has 1 N–H and O–H groups in total. The lowest BCUT2D eigenvalue weighted by molar-refractivity contribution is 0.603. The highest BCUT2D eigenvalue weighted by atomic mass is 35.5. The van der Waals surface area contributed by atoms with E-state index in [4.69, 9.17) is 23.2 Å².